The maximum atomic E-state index is 11.7. The zero-order valence-corrected chi connectivity index (χ0v) is 12.4. The molecule has 1 amide bonds. The molecule has 0 unspecified atom stereocenters. The summed E-state index contributed by atoms with van der Waals surface area (Å²) in [5.41, 5.74) is 2.27. The van der Waals surface area contributed by atoms with Gasteiger partial charge in [0, 0.05) is 12.5 Å². The van der Waals surface area contributed by atoms with Gasteiger partial charge in [-0.2, -0.15) is 0 Å². The van der Waals surface area contributed by atoms with Gasteiger partial charge in [-0.3, -0.25) is 4.79 Å². The minimum atomic E-state index is 0.00635. The fourth-order valence-corrected chi connectivity index (χ4v) is 2.85. The van der Waals surface area contributed by atoms with Crippen molar-refractivity contribution in [3.8, 4) is 11.3 Å². The van der Waals surface area contributed by atoms with Gasteiger partial charge in [-0.15, -0.1) is 0 Å². The molecule has 2 aliphatic rings. The molecule has 1 atom stereocenters. The third kappa shape index (κ3) is 2.64. The highest BCUT2D eigenvalue weighted by molar-refractivity contribution is 5.80. The molecule has 2 heterocycles. The summed E-state index contributed by atoms with van der Waals surface area (Å²) < 4.78 is 8.01. The van der Waals surface area contributed by atoms with Crippen molar-refractivity contribution in [2.24, 2.45) is 5.92 Å². The van der Waals surface area contributed by atoms with Crippen LogP contribution in [0.1, 0.15) is 18.7 Å². The lowest BCUT2D eigenvalue weighted by Gasteiger charge is -2.26. The van der Waals surface area contributed by atoms with Crippen LogP contribution in [-0.2, 0) is 22.7 Å². The van der Waals surface area contributed by atoms with Crippen LogP contribution in [0, 0.1) is 5.92 Å². The number of carbonyl (C=O) groups is 1. The number of benzene rings is 1. The van der Waals surface area contributed by atoms with Crippen LogP contribution in [0.2, 0.25) is 0 Å². The van der Waals surface area contributed by atoms with Crippen molar-refractivity contribution in [3.05, 3.63) is 42.4 Å². The predicted octanol–water partition coefficient (Wildman–Crippen LogP) is 1.98. The van der Waals surface area contributed by atoms with E-state index in [4.69, 9.17) is 4.74 Å². The van der Waals surface area contributed by atoms with Crippen LogP contribution in [0.3, 0.4) is 0 Å². The van der Waals surface area contributed by atoms with Crippen molar-refractivity contribution in [3.63, 3.8) is 0 Å². The quantitative estimate of drug-likeness (QED) is 0.939. The van der Waals surface area contributed by atoms with E-state index in [-0.39, 0.29) is 17.9 Å². The monoisotopic (exact) mass is 297 g/mol. The maximum absolute atomic E-state index is 11.7. The Labute approximate surface area is 129 Å². The summed E-state index contributed by atoms with van der Waals surface area (Å²) in [5, 5.41) is 3.00. The first-order valence-electron chi connectivity index (χ1n) is 7.80. The molecule has 0 radical (unpaired) electrons. The van der Waals surface area contributed by atoms with E-state index in [0.717, 1.165) is 36.5 Å². The molecule has 1 aromatic carbocycles. The number of rotatable bonds is 4. The second kappa shape index (κ2) is 5.57. The van der Waals surface area contributed by atoms with Gasteiger partial charge in [0.25, 0.3) is 0 Å². The van der Waals surface area contributed by atoms with Crippen LogP contribution in [0.15, 0.2) is 36.5 Å². The standard InChI is InChI=1S/C17H19N3O2/c21-17(13-6-7-13)19-8-14-10-20-15(9-18-16(20)11-22-14)12-4-2-1-3-5-12/h1-5,9,13-14H,6-8,10-11H2,(H,19,21)/t14-/m0/s1. The van der Waals surface area contributed by atoms with E-state index in [1.165, 1.54) is 0 Å². The van der Waals surface area contributed by atoms with Gasteiger partial charge in [0.2, 0.25) is 5.91 Å². The second-order valence-corrected chi connectivity index (χ2v) is 5.99. The average Bonchev–Trinajstić information content (AvgIpc) is 3.33. The molecule has 0 bridgehead atoms. The van der Waals surface area contributed by atoms with Crippen LogP contribution in [0.4, 0.5) is 0 Å². The fourth-order valence-electron chi connectivity index (χ4n) is 2.85. The van der Waals surface area contributed by atoms with Crippen molar-refractivity contribution in [2.45, 2.75) is 32.1 Å². The number of carbonyl (C=O) groups excluding carboxylic acids is 1. The lowest BCUT2D eigenvalue weighted by Crippen LogP contribution is -2.39. The Morgan fingerprint density at radius 3 is 2.91 bits per heavy atom. The normalized spacial score (nSPS) is 20.5. The Kier molecular flexibility index (Phi) is 3.42. The number of fused-ring (bicyclic) bond motifs is 1. The summed E-state index contributed by atoms with van der Waals surface area (Å²) in [6, 6.07) is 10.2. The molecule has 5 nitrogen and oxygen atoms in total. The van der Waals surface area contributed by atoms with Gasteiger partial charge in [0.15, 0.2) is 0 Å². The zero-order chi connectivity index (χ0) is 14.9. The minimum Gasteiger partial charge on any atom is -0.367 e. The molecule has 4 rings (SSSR count). The van der Waals surface area contributed by atoms with E-state index in [2.05, 4.69) is 27.0 Å². The number of nitrogens with one attached hydrogen (secondary N) is 1. The van der Waals surface area contributed by atoms with Crippen LogP contribution in [0.25, 0.3) is 11.3 Å². The molecule has 0 spiro atoms. The van der Waals surface area contributed by atoms with E-state index in [1.807, 2.05) is 24.4 Å². The molecule has 1 N–H and O–H groups in total. The molecule has 114 valence electrons. The summed E-state index contributed by atoms with van der Waals surface area (Å²) in [6.45, 7) is 1.79. The molecular formula is C17H19N3O2. The number of hydrogen-bond acceptors (Lipinski definition) is 3. The predicted molar refractivity (Wildman–Crippen MR) is 82.0 cm³/mol. The van der Waals surface area contributed by atoms with Gasteiger partial charge in [-0.05, 0) is 18.4 Å². The Morgan fingerprint density at radius 2 is 2.14 bits per heavy atom. The summed E-state index contributed by atoms with van der Waals surface area (Å²) in [4.78, 5) is 16.2. The van der Waals surface area contributed by atoms with Gasteiger partial charge in [0.05, 0.1) is 24.5 Å². The number of ether oxygens (including phenoxy) is 1. The highest BCUT2D eigenvalue weighted by atomic mass is 16.5. The molecule has 1 saturated carbocycles. The largest absolute Gasteiger partial charge is 0.367 e. The van der Waals surface area contributed by atoms with Crippen molar-refractivity contribution in [1.29, 1.82) is 0 Å². The molecule has 1 aliphatic heterocycles. The third-order valence-corrected chi connectivity index (χ3v) is 4.29. The third-order valence-electron chi connectivity index (χ3n) is 4.29. The minimum absolute atomic E-state index is 0.00635. The lowest BCUT2D eigenvalue weighted by molar-refractivity contribution is -0.123. The average molecular weight is 297 g/mol. The molecule has 0 saturated heterocycles. The Bertz CT molecular complexity index is 676. The summed E-state index contributed by atoms with van der Waals surface area (Å²) >= 11 is 0. The van der Waals surface area contributed by atoms with Gasteiger partial charge in [-0.1, -0.05) is 30.3 Å². The van der Waals surface area contributed by atoms with Crippen LogP contribution in [-0.4, -0.2) is 28.1 Å². The Balaban J connectivity index is 1.47. The molecular weight excluding hydrogens is 278 g/mol. The first kappa shape index (κ1) is 13.5. The zero-order valence-electron chi connectivity index (χ0n) is 12.4. The first-order valence-corrected chi connectivity index (χ1v) is 7.80. The van der Waals surface area contributed by atoms with Gasteiger partial charge >= 0.3 is 0 Å². The Morgan fingerprint density at radius 1 is 1.32 bits per heavy atom. The van der Waals surface area contributed by atoms with Crippen molar-refractivity contribution in [2.75, 3.05) is 6.54 Å². The second-order valence-electron chi connectivity index (χ2n) is 5.99. The smallest absolute Gasteiger partial charge is 0.223 e. The summed E-state index contributed by atoms with van der Waals surface area (Å²) in [5.74, 6) is 1.36. The highest BCUT2D eigenvalue weighted by Gasteiger charge is 2.30. The molecule has 1 aliphatic carbocycles. The summed E-state index contributed by atoms with van der Waals surface area (Å²) in [6.07, 6.45) is 3.97. The molecule has 1 fully saturated rings. The number of hydrogen-bond donors (Lipinski definition) is 1. The first-order chi connectivity index (χ1) is 10.8. The van der Waals surface area contributed by atoms with Crippen molar-refractivity contribution >= 4 is 5.91 Å². The van der Waals surface area contributed by atoms with Gasteiger partial charge in [-0.25, -0.2) is 4.98 Å². The van der Waals surface area contributed by atoms with Crippen LogP contribution >= 0.6 is 0 Å². The lowest BCUT2D eigenvalue weighted by atomic mass is 10.1. The molecule has 22 heavy (non-hydrogen) atoms. The highest BCUT2D eigenvalue weighted by Crippen LogP contribution is 2.29. The number of nitrogens with zero attached hydrogens (tertiary/aromatic N) is 2. The van der Waals surface area contributed by atoms with Crippen LogP contribution in [0.5, 0.6) is 0 Å². The van der Waals surface area contributed by atoms with E-state index in [9.17, 15) is 4.79 Å². The number of aromatic nitrogens is 2. The van der Waals surface area contributed by atoms with E-state index < -0.39 is 0 Å². The van der Waals surface area contributed by atoms with Crippen molar-refractivity contribution < 1.29 is 9.53 Å². The SMILES string of the molecule is O=C(NC[C@H]1Cn2c(-c3ccccc3)cnc2CO1)C1CC1. The van der Waals surface area contributed by atoms with E-state index in [1.54, 1.807) is 0 Å². The Hall–Kier alpha value is -2.14. The molecule has 1 aromatic heterocycles. The van der Waals surface area contributed by atoms with Crippen molar-refractivity contribution in [1.82, 2.24) is 14.9 Å². The number of imidazole rings is 1. The molecule has 2 aromatic rings. The summed E-state index contributed by atoms with van der Waals surface area (Å²) in [7, 11) is 0. The topological polar surface area (TPSA) is 56.2 Å². The fraction of sp³-hybridized carbons (Fsp3) is 0.412. The van der Waals surface area contributed by atoms with Crippen LogP contribution < -0.4 is 5.32 Å². The van der Waals surface area contributed by atoms with E-state index in [0.29, 0.717) is 13.2 Å². The van der Waals surface area contributed by atoms with E-state index >= 15 is 0 Å². The number of amides is 1. The maximum Gasteiger partial charge on any atom is 0.223 e. The van der Waals surface area contributed by atoms with Gasteiger partial charge < -0.3 is 14.6 Å². The molecule has 5 heteroatoms. The van der Waals surface area contributed by atoms with Gasteiger partial charge in [0.1, 0.15) is 12.4 Å².